The van der Waals surface area contributed by atoms with Crippen molar-refractivity contribution >= 4 is 0 Å². The zero-order valence-electron chi connectivity index (χ0n) is 21.0. The van der Waals surface area contributed by atoms with Gasteiger partial charge in [-0.2, -0.15) is 0 Å². The van der Waals surface area contributed by atoms with Crippen LogP contribution in [0.25, 0.3) is 11.5 Å². The standard InChI is InChI=1S/C28H33N3O4/c1-19-13-22(14-20(2)26(19)35-28(4,5)18-32)15-31(17-25-29-11-12-33-25)16-24-21(3)34-27(30-24)23-9-7-6-8-10-23/h6-14,32H,15-18H2,1-5H3. The number of oxazole rings is 2. The molecule has 0 aliphatic carbocycles. The Kier molecular flexibility index (Phi) is 7.38. The average molecular weight is 476 g/mol. The topological polar surface area (TPSA) is 84.8 Å². The number of hydrogen-bond donors (Lipinski definition) is 1. The van der Waals surface area contributed by atoms with Gasteiger partial charge in [-0.05, 0) is 63.4 Å². The van der Waals surface area contributed by atoms with Gasteiger partial charge >= 0.3 is 0 Å². The van der Waals surface area contributed by atoms with Gasteiger partial charge in [0.25, 0.3) is 0 Å². The van der Waals surface area contributed by atoms with Crippen molar-refractivity contribution < 1.29 is 18.7 Å². The molecule has 0 saturated heterocycles. The SMILES string of the molecule is Cc1cc(CN(Cc2ncco2)Cc2nc(-c3ccccc3)oc2C)cc(C)c1OC(C)(C)CO. The molecule has 2 aromatic carbocycles. The molecule has 0 amide bonds. The highest BCUT2D eigenvalue weighted by atomic mass is 16.5. The Bertz CT molecular complexity index is 1220. The Morgan fingerprint density at radius 2 is 1.71 bits per heavy atom. The van der Waals surface area contributed by atoms with Crippen LogP contribution in [0.2, 0.25) is 0 Å². The minimum atomic E-state index is -0.644. The Morgan fingerprint density at radius 3 is 2.34 bits per heavy atom. The van der Waals surface area contributed by atoms with Crippen molar-refractivity contribution in [2.75, 3.05) is 6.61 Å². The summed E-state index contributed by atoms with van der Waals surface area (Å²) in [6, 6.07) is 14.2. The summed E-state index contributed by atoms with van der Waals surface area (Å²) in [5.41, 5.74) is 4.39. The molecule has 7 nitrogen and oxygen atoms in total. The van der Waals surface area contributed by atoms with Gasteiger partial charge in [-0.25, -0.2) is 9.97 Å². The van der Waals surface area contributed by atoms with E-state index in [-0.39, 0.29) is 6.61 Å². The first-order chi connectivity index (χ1) is 16.7. The summed E-state index contributed by atoms with van der Waals surface area (Å²) >= 11 is 0. The molecule has 2 heterocycles. The third kappa shape index (κ3) is 6.18. The molecular weight excluding hydrogens is 442 g/mol. The molecule has 0 atom stereocenters. The Morgan fingerprint density at radius 1 is 1.00 bits per heavy atom. The number of hydrogen-bond acceptors (Lipinski definition) is 7. The summed E-state index contributed by atoms with van der Waals surface area (Å²) in [7, 11) is 0. The van der Waals surface area contributed by atoms with Crippen molar-refractivity contribution in [2.24, 2.45) is 0 Å². The van der Waals surface area contributed by atoms with Gasteiger partial charge in [0.15, 0.2) is 0 Å². The van der Waals surface area contributed by atoms with Crippen LogP contribution in [0.1, 0.15) is 47.9 Å². The van der Waals surface area contributed by atoms with Gasteiger partial charge in [0, 0.05) is 18.7 Å². The Hall–Kier alpha value is -3.42. The van der Waals surface area contributed by atoms with Crippen LogP contribution in [0.5, 0.6) is 5.75 Å². The molecule has 2 aromatic heterocycles. The van der Waals surface area contributed by atoms with Crippen LogP contribution in [0.3, 0.4) is 0 Å². The summed E-state index contributed by atoms with van der Waals surface area (Å²) in [5.74, 6) is 2.87. The lowest BCUT2D eigenvalue weighted by atomic mass is 10.0. The van der Waals surface area contributed by atoms with Crippen LogP contribution >= 0.6 is 0 Å². The quantitative estimate of drug-likeness (QED) is 0.319. The fourth-order valence-electron chi connectivity index (χ4n) is 4.04. The Balaban J connectivity index is 1.58. The predicted molar refractivity (Wildman–Crippen MR) is 134 cm³/mol. The average Bonchev–Trinajstić information content (AvgIpc) is 3.47. The number of ether oxygens (including phenoxy) is 1. The molecule has 7 heteroatoms. The molecule has 1 N–H and O–H groups in total. The zero-order chi connectivity index (χ0) is 25.0. The second kappa shape index (κ2) is 10.5. The van der Waals surface area contributed by atoms with Gasteiger partial charge in [0.2, 0.25) is 11.8 Å². The minimum Gasteiger partial charge on any atom is -0.485 e. The maximum Gasteiger partial charge on any atom is 0.226 e. The van der Waals surface area contributed by atoms with Crippen molar-refractivity contribution in [3.8, 4) is 17.2 Å². The summed E-state index contributed by atoms with van der Waals surface area (Å²) < 4.78 is 17.6. The maximum absolute atomic E-state index is 9.61. The largest absolute Gasteiger partial charge is 0.485 e. The second-order valence-electron chi connectivity index (χ2n) is 9.54. The molecule has 0 spiro atoms. The molecule has 184 valence electrons. The van der Waals surface area contributed by atoms with Gasteiger partial charge in [0.05, 0.1) is 25.0 Å². The van der Waals surface area contributed by atoms with Crippen molar-refractivity contribution in [3.63, 3.8) is 0 Å². The highest BCUT2D eigenvalue weighted by Gasteiger charge is 2.22. The van der Waals surface area contributed by atoms with E-state index >= 15 is 0 Å². The molecule has 0 bridgehead atoms. The molecule has 0 aliphatic rings. The fraction of sp³-hybridized carbons (Fsp3) is 0.357. The number of aliphatic hydroxyl groups excluding tert-OH is 1. The Labute approximate surface area is 206 Å². The van der Waals surface area contributed by atoms with Crippen LogP contribution in [0, 0.1) is 20.8 Å². The first-order valence-corrected chi connectivity index (χ1v) is 11.8. The van der Waals surface area contributed by atoms with Crippen LogP contribution in [0.15, 0.2) is 63.8 Å². The van der Waals surface area contributed by atoms with E-state index in [9.17, 15) is 5.11 Å². The lowest BCUT2D eigenvalue weighted by molar-refractivity contribution is 0.0400. The van der Waals surface area contributed by atoms with Gasteiger partial charge in [-0.15, -0.1) is 0 Å². The second-order valence-corrected chi connectivity index (χ2v) is 9.54. The van der Waals surface area contributed by atoms with E-state index in [1.54, 1.807) is 12.5 Å². The first kappa shape index (κ1) is 24.7. The summed E-state index contributed by atoms with van der Waals surface area (Å²) in [4.78, 5) is 11.3. The molecule has 0 saturated carbocycles. The lowest BCUT2D eigenvalue weighted by Gasteiger charge is -2.27. The molecule has 35 heavy (non-hydrogen) atoms. The fourth-order valence-corrected chi connectivity index (χ4v) is 4.04. The van der Waals surface area contributed by atoms with E-state index in [0.29, 0.717) is 31.4 Å². The smallest absolute Gasteiger partial charge is 0.226 e. The van der Waals surface area contributed by atoms with E-state index in [4.69, 9.17) is 18.6 Å². The molecule has 4 aromatic rings. The maximum atomic E-state index is 9.61. The number of rotatable bonds is 10. The number of aromatic nitrogens is 2. The van der Waals surface area contributed by atoms with Crippen molar-refractivity contribution in [1.29, 1.82) is 0 Å². The van der Waals surface area contributed by atoms with Gasteiger partial charge < -0.3 is 18.7 Å². The highest BCUT2D eigenvalue weighted by molar-refractivity contribution is 5.53. The predicted octanol–water partition coefficient (Wildman–Crippen LogP) is 5.61. The van der Waals surface area contributed by atoms with Crippen LogP contribution in [-0.4, -0.2) is 32.2 Å². The molecule has 4 rings (SSSR count). The van der Waals surface area contributed by atoms with Crippen LogP contribution < -0.4 is 4.74 Å². The number of benzene rings is 2. The monoisotopic (exact) mass is 475 g/mol. The van der Waals surface area contributed by atoms with E-state index in [0.717, 1.165) is 39.5 Å². The third-order valence-electron chi connectivity index (χ3n) is 5.81. The number of nitrogens with zero attached hydrogens (tertiary/aromatic N) is 3. The highest BCUT2D eigenvalue weighted by Crippen LogP contribution is 2.30. The van der Waals surface area contributed by atoms with Gasteiger partial charge in [-0.1, -0.05) is 30.3 Å². The van der Waals surface area contributed by atoms with Crippen molar-refractivity contribution in [3.05, 3.63) is 89.0 Å². The molecule has 0 fully saturated rings. The summed E-state index contributed by atoms with van der Waals surface area (Å²) in [5, 5.41) is 9.61. The summed E-state index contributed by atoms with van der Waals surface area (Å²) in [6.45, 7) is 11.5. The van der Waals surface area contributed by atoms with E-state index in [1.807, 2.05) is 65.0 Å². The van der Waals surface area contributed by atoms with Gasteiger partial charge in [0.1, 0.15) is 23.4 Å². The molecule has 0 unspecified atom stereocenters. The zero-order valence-corrected chi connectivity index (χ0v) is 21.0. The summed E-state index contributed by atoms with van der Waals surface area (Å²) in [6.07, 6.45) is 3.25. The first-order valence-electron chi connectivity index (χ1n) is 11.8. The molecule has 0 aliphatic heterocycles. The number of aryl methyl sites for hydroxylation is 3. The normalized spacial score (nSPS) is 11.9. The number of aliphatic hydroxyl groups is 1. The van der Waals surface area contributed by atoms with E-state index in [2.05, 4.69) is 22.0 Å². The molecular formula is C28H33N3O4. The minimum absolute atomic E-state index is 0.0560. The van der Waals surface area contributed by atoms with E-state index in [1.165, 1.54) is 0 Å². The van der Waals surface area contributed by atoms with Gasteiger partial charge in [-0.3, -0.25) is 4.90 Å². The lowest BCUT2D eigenvalue weighted by Crippen LogP contribution is -2.33. The van der Waals surface area contributed by atoms with Crippen LogP contribution in [-0.2, 0) is 19.6 Å². The van der Waals surface area contributed by atoms with Crippen molar-refractivity contribution in [1.82, 2.24) is 14.9 Å². The molecule has 0 radical (unpaired) electrons. The van der Waals surface area contributed by atoms with E-state index < -0.39 is 5.60 Å². The van der Waals surface area contributed by atoms with Crippen molar-refractivity contribution in [2.45, 2.75) is 59.9 Å². The third-order valence-corrected chi connectivity index (χ3v) is 5.81. The van der Waals surface area contributed by atoms with Crippen LogP contribution in [0.4, 0.5) is 0 Å².